The van der Waals surface area contributed by atoms with E-state index in [4.69, 9.17) is 5.73 Å². The summed E-state index contributed by atoms with van der Waals surface area (Å²) in [5, 5.41) is -0.755. The van der Waals surface area contributed by atoms with Gasteiger partial charge in [-0.25, -0.2) is 8.42 Å². The van der Waals surface area contributed by atoms with Crippen LogP contribution in [0.25, 0.3) is 0 Å². The van der Waals surface area contributed by atoms with Crippen molar-refractivity contribution in [2.24, 2.45) is 7.05 Å². The van der Waals surface area contributed by atoms with Crippen molar-refractivity contribution in [2.45, 2.75) is 5.37 Å². The molecule has 106 valence electrons. The molecule has 0 aliphatic carbocycles. The highest BCUT2D eigenvalue weighted by Crippen LogP contribution is 2.23. The monoisotopic (exact) mass is 303 g/mol. The molecule has 2 rings (SSSR count). The first-order chi connectivity index (χ1) is 8.80. The number of amides is 1. The second kappa shape index (κ2) is 5.09. The minimum Gasteiger partial charge on any atom is -0.397 e. The lowest BCUT2D eigenvalue weighted by atomic mass is 10.3. The number of carbonyl (C=O) groups is 1. The molecule has 0 bridgehead atoms. The zero-order valence-electron chi connectivity index (χ0n) is 10.9. The minimum absolute atomic E-state index is 0.282. The molecule has 1 aliphatic heterocycles. The molecule has 1 fully saturated rings. The van der Waals surface area contributed by atoms with Crippen LogP contribution in [0.5, 0.6) is 0 Å². The SMILES string of the molecule is Cn1cc(N)cc1C(=O)N1CCSCC1S(C)(=O)=O. The predicted octanol–water partition coefficient (Wildman–Crippen LogP) is 0.167. The number of hydrogen-bond donors (Lipinski definition) is 1. The van der Waals surface area contributed by atoms with Gasteiger partial charge in [-0.05, 0) is 6.07 Å². The van der Waals surface area contributed by atoms with Crippen molar-refractivity contribution in [2.75, 3.05) is 30.0 Å². The minimum atomic E-state index is -3.29. The predicted molar refractivity (Wildman–Crippen MR) is 76.8 cm³/mol. The van der Waals surface area contributed by atoms with Gasteiger partial charge in [0.1, 0.15) is 11.1 Å². The second-order valence-corrected chi connectivity index (χ2v) is 7.98. The molecule has 1 amide bonds. The summed E-state index contributed by atoms with van der Waals surface area (Å²) in [6, 6.07) is 1.57. The molecule has 0 radical (unpaired) electrons. The van der Waals surface area contributed by atoms with Crippen molar-refractivity contribution in [3.05, 3.63) is 18.0 Å². The van der Waals surface area contributed by atoms with E-state index in [0.717, 1.165) is 5.75 Å². The Labute approximate surface area is 116 Å². The summed E-state index contributed by atoms with van der Waals surface area (Å²) in [5.41, 5.74) is 6.56. The Morgan fingerprint density at radius 3 is 2.74 bits per heavy atom. The molecule has 2 N–H and O–H groups in total. The van der Waals surface area contributed by atoms with Gasteiger partial charge in [0.15, 0.2) is 9.84 Å². The summed E-state index contributed by atoms with van der Waals surface area (Å²) in [5.74, 6) is 0.886. The largest absolute Gasteiger partial charge is 0.397 e. The van der Waals surface area contributed by atoms with E-state index in [-0.39, 0.29) is 5.91 Å². The smallest absolute Gasteiger partial charge is 0.271 e. The summed E-state index contributed by atoms with van der Waals surface area (Å²) in [6.45, 7) is 0.437. The van der Waals surface area contributed by atoms with Crippen molar-refractivity contribution in [3.8, 4) is 0 Å². The number of hydrogen-bond acceptors (Lipinski definition) is 5. The van der Waals surface area contributed by atoms with Crippen LogP contribution in [0.15, 0.2) is 12.3 Å². The number of sulfone groups is 1. The lowest BCUT2D eigenvalue weighted by Gasteiger charge is -2.34. The van der Waals surface area contributed by atoms with Crippen LogP contribution >= 0.6 is 11.8 Å². The molecule has 1 atom stereocenters. The fourth-order valence-electron chi connectivity index (χ4n) is 2.12. The molecule has 19 heavy (non-hydrogen) atoms. The third kappa shape index (κ3) is 2.89. The van der Waals surface area contributed by atoms with Crippen molar-refractivity contribution >= 4 is 33.2 Å². The van der Waals surface area contributed by atoms with Crippen LogP contribution in [0.3, 0.4) is 0 Å². The Hall–Kier alpha value is -1.15. The summed E-state index contributed by atoms with van der Waals surface area (Å²) in [6.07, 6.45) is 2.81. The summed E-state index contributed by atoms with van der Waals surface area (Å²) in [7, 11) is -1.57. The molecule has 1 saturated heterocycles. The van der Waals surface area contributed by atoms with Crippen LogP contribution in [0.1, 0.15) is 10.5 Å². The number of anilines is 1. The lowest BCUT2D eigenvalue weighted by Crippen LogP contribution is -2.50. The molecule has 0 saturated carbocycles. The number of aromatic nitrogens is 1. The number of rotatable bonds is 2. The number of nitrogen functional groups attached to an aromatic ring is 1. The first kappa shape index (κ1) is 14.3. The van der Waals surface area contributed by atoms with Crippen LogP contribution in [0, 0.1) is 0 Å². The highest BCUT2D eigenvalue weighted by Gasteiger charge is 2.35. The Morgan fingerprint density at radius 1 is 1.53 bits per heavy atom. The van der Waals surface area contributed by atoms with E-state index in [1.807, 2.05) is 0 Å². The number of aryl methyl sites for hydroxylation is 1. The molecule has 0 aromatic carbocycles. The number of nitrogens with two attached hydrogens (primary N) is 1. The van der Waals surface area contributed by atoms with E-state index >= 15 is 0 Å². The third-order valence-electron chi connectivity index (χ3n) is 3.08. The summed E-state index contributed by atoms with van der Waals surface area (Å²) >= 11 is 1.55. The molecule has 1 aromatic heterocycles. The van der Waals surface area contributed by atoms with Crippen molar-refractivity contribution in [1.29, 1.82) is 0 Å². The van der Waals surface area contributed by atoms with Crippen molar-refractivity contribution in [3.63, 3.8) is 0 Å². The molecular weight excluding hydrogens is 286 g/mol. The van der Waals surface area contributed by atoms with Crippen LogP contribution in [0.2, 0.25) is 0 Å². The van der Waals surface area contributed by atoms with Crippen molar-refractivity contribution in [1.82, 2.24) is 9.47 Å². The maximum absolute atomic E-state index is 12.5. The molecule has 1 aromatic rings. The van der Waals surface area contributed by atoms with Gasteiger partial charge in [-0.15, -0.1) is 0 Å². The van der Waals surface area contributed by atoms with Gasteiger partial charge in [-0.2, -0.15) is 11.8 Å². The van der Waals surface area contributed by atoms with Crippen molar-refractivity contribution < 1.29 is 13.2 Å². The van der Waals surface area contributed by atoms with E-state index in [0.29, 0.717) is 23.7 Å². The van der Waals surface area contributed by atoms with Crippen LogP contribution in [0.4, 0.5) is 5.69 Å². The molecule has 6 nitrogen and oxygen atoms in total. The van der Waals surface area contributed by atoms with E-state index in [9.17, 15) is 13.2 Å². The fourth-order valence-corrected chi connectivity index (χ4v) is 4.93. The fraction of sp³-hybridized carbons (Fsp3) is 0.545. The normalized spacial score (nSPS) is 20.5. The van der Waals surface area contributed by atoms with Gasteiger partial charge in [0.2, 0.25) is 0 Å². The second-order valence-electron chi connectivity index (χ2n) is 4.63. The molecule has 8 heteroatoms. The average Bonchev–Trinajstić information content (AvgIpc) is 2.66. The number of nitrogens with zero attached hydrogens (tertiary/aromatic N) is 2. The van der Waals surface area contributed by atoms with E-state index in [2.05, 4.69) is 0 Å². The number of carbonyl (C=O) groups excluding carboxylic acids is 1. The highest BCUT2D eigenvalue weighted by molar-refractivity contribution is 8.00. The summed E-state index contributed by atoms with van der Waals surface area (Å²) < 4.78 is 25.2. The maximum Gasteiger partial charge on any atom is 0.271 e. The topological polar surface area (TPSA) is 85.4 Å². The molecule has 0 spiro atoms. The lowest BCUT2D eigenvalue weighted by molar-refractivity contribution is 0.0740. The van der Waals surface area contributed by atoms with Crippen LogP contribution < -0.4 is 5.73 Å². The van der Waals surface area contributed by atoms with Crippen LogP contribution in [-0.4, -0.2) is 53.5 Å². The van der Waals surface area contributed by atoms with Gasteiger partial charge in [0, 0.05) is 37.6 Å². The van der Waals surface area contributed by atoms with Gasteiger partial charge >= 0.3 is 0 Å². The molecule has 1 unspecified atom stereocenters. The van der Waals surface area contributed by atoms with Gasteiger partial charge < -0.3 is 15.2 Å². The average molecular weight is 303 g/mol. The standard InChI is InChI=1S/C11H17N3O3S2/c1-13-6-8(12)5-9(13)11(15)14-3-4-18-7-10(14)19(2,16)17/h5-6,10H,3-4,7,12H2,1-2H3. The first-order valence-electron chi connectivity index (χ1n) is 5.80. The summed E-state index contributed by atoms with van der Waals surface area (Å²) in [4.78, 5) is 13.9. The quantitative estimate of drug-likeness (QED) is 0.841. The Morgan fingerprint density at radius 2 is 2.21 bits per heavy atom. The van der Waals surface area contributed by atoms with E-state index < -0.39 is 15.2 Å². The molecular formula is C11H17N3O3S2. The van der Waals surface area contributed by atoms with E-state index in [1.165, 1.54) is 11.2 Å². The maximum atomic E-state index is 12.5. The van der Waals surface area contributed by atoms with E-state index in [1.54, 1.807) is 35.6 Å². The molecule has 1 aliphatic rings. The zero-order chi connectivity index (χ0) is 14.2. The van der Waals surface area contributed by atoms with Gasteiger partial charge in [-0.1, -0.05) is 0 Å². The Bertz CT molecular complexity index is 594. The number of thioether (sulfide) groups is 1. The highest BCUT2D eigenvalue weighted by atomic mass is 32.2. The Kier molecular flexibility index (Phi) is 3.82. The first-order valence-corrected chi connectivity index (χ1v) is 8.91. The third-order valence-corrected chi connectivity index (χ3v) is 5.73. The van der Waals surface area contributed by atoms with Gasteiger partial charge in [-0.3, -0.25) is 4.79 Å². The van der Waals surface area contributed by atoms with Gasteiger partial charge in [0.25, 0.3) is 5.91 Å². The van der Waals surface area contributed by atoms with Crippen LogP contribution in [-0.2, 0) is 16.9 Å². The zero-order valence-corrected chi connectivity index (χ0v) is 12.5. The Balaban J connectivity index is 2.33. The van der Waals surface area contributed by atoms with Gasteiger partial charge in [0.05, 0.1) is 5.69 Å². The molecule has 2 heterocycles.